The van der Waals surface area contributed by atoms with E-state index in [0.717, 1.165) is 12.8 Å². The average Bonchev–Trinajstić information content (AvgIpc) is 3.26. The summed E-state index contributed by atoms with van der Waals surface area (Å²) < 4.78 is 4.61. The van der Waals surface area contributed by atoms with Crippen LogP contribution in [-0.4, -0.2) is 41.7 Å². The monoisotopic (exact) mass is 328 g/mol. The molecule has 0 spiro atoms. The van der Waals surface area contributed by atoms with Gasteiger partial charge in [-0.05, 0) is 30.0 Å². The fourth-order valence-corrected chi connectivity index (χ4v) is 3.29. The molecule has 0 saturated carbocycles. The molecule has 1 heterocycles. The number of carbonyl (C=O) groups excluding carboxylic acids is 2. The van der Waals surface area contributed by atoms with Gasteiger partial charge in [0.15, 0.2) is 0 Å². The first-order valence-corrected chi connectivity index (χ1v) is 7.90. The average molecular weight is 328 g/mol. The first-order valence-electron chi connectivity index (χ1n) is 7.90. The van der Waals surface area contributed by atoms with Crippen molar-refractivity contribution in [2.24, 2.45) is 0 Å². The Balaban J connectivity index is 1.73. The molecular formula is C18H20N2O4. The zero-order chi connectivity index (χ0) is 17.1. The standard InChI is InChI=1S/C18H20N2O4/c1-24-18(23)15-8-12(9-19-15)17(22)20-16(10-21)14-7-6-11-4-2-3-5-13(11)14/h2-5,8-9,14,16,19,21H,6-7,10H2,1H3,(H,20,22). The number of rotatable bonds is 5. The predicted molar refractivity (Wildman–Crippen MR) is 88.0 cm³/mol. The minimum absolute atomic E-state index is 0.0918. The number of aryl methyl sites for hydroxylation is 1. The Labute approximate surface area is 139 Å². The first-order chi connectivity index (χ1) is 11.6. The maximum absolute atomic E-state index is 12.4. The van der Waals surface area contributed by atoms with E-state index in [1.807, 2.05) is 18.2 Å². The van der Waals surface area contributed by atoms with Crippen LogP contribution in [0.2, 0.25) is 0 Å². The summed E-state index contributed by atoms with van der Waals surface area (Å²) in [6.07, 6.45) is 3.30. The minimum atomic E-state index is -0.530. The molecule has 1 aliphatic rings. The highest BCUT2D eigenvalue weighted by Gasteiger charge is 2.30. The van der Waals surface area contributed by atoms with E-state index in [-0.39, 0.29) is 30.2 Å². The lowest BCUT2D eigenvalue weighted by Gasteiger charge is -2.23. The number of aliphatic hydroxyl groups is 1. The first kappa shape index (κ1) is 16.3. The van der Waals surface area contributed by atoms with Crippen LogP contribution in [0.5, 0.6) is 0 Å². The van der Waals surface area contributed by atoms with Gasteiger partial charge in [0.1, 0.15) is 5.69 Å². The summed E-state index contributed by atoms with van der Waals surface area (Å²) >= 11 is 0. The number of fused-ring (bicyclic) bond motifs is 1. The maximum Gasteiger partial charge on any atom is 0.354 e. The van der Waals surface area contributed by atoms with Crippen molar-refractivity contribution in [3.8, 4) is 0 Å². The lowest BCUT2D eigenvalue weighted by molar-refractivity contribution is 0.0595. The van der Waals surface area contributed by atoms with Crippen LogP contribution in [0.3, 0.4) is 0 Å². The van der Waals surface area contributed by atoms with Gasteiger partial charge in [0.2, 0.25) is 0 Å². The number of aliphatic hydroxyl groups excluding tert-OH is 1. The van der Waals surface area contributed by atoms with E-state index in [1.54, 1.807) is 0 Å². The van der Waals surface area contributed by atoms with Gasteiger partial charge in [-0.2, -0.15) is 0 Å². The third kappa shape index (κ3) is 3.05. The molecule has 1 amide bonds. The third-order valence-corrected chi connectivity index (χ3v) is 4.53. The quantitative estimate of drug-likeness (QED) is 0.727. The summed E-state index contributed by atoms with van der Waals surface area (Å²) in [6.45, 7) is -0.140. The number of H-pyrrole nitrogens is 1. The predicted octanol–water partition coefficient (Wildman–Crippen LogP) is 1.62. The largest absolute Gasteiger partial charge is 0.464 e. The smallest absolute Gasteiger partial charge is 0.354 e. The van der Waals surface area contributed by atoms with Gasteiger partial charge in [0.05, 0.1) is 25.3 Å². The van der Waals surface area contributed by atoms with Crippen molar-refractivity contribution in [2.75, 3.05) is 13.7 Å². The fraction of sp³-hybridized carbons (Fsp3) is 0.333. The minimum Gasteiger partial charge on any atom is -0.464 e. The summed E-state index contributed by atoms with van der Waals surface area (Å²) in [5.41, 5.74) is 3.00. The number of carbonyl (C=O) groups is 2. The number of esters is 1. The van der Waals surface area contributed by atoms with Gasteiger partial charge < -0.3 is 20.1 Å². The number of nitrogens with one attached hydrogen (secondary N) is 2. The third-order valence-electron chi connectivity index (χ3n) is 4.53. The van der Waals surface area contributed by atoms with E-state index in [1.165, 1.54) is 30.5 Å². The summed E-state index contributed by atoms with van der Waals surface area (Å²) in [6, 6.07) is 9.19. The number of hydrogen-bond acceptors (Lipinski definition) is 4. The summed E-state index contributed by atoms with van der Waals surface area (Å²) in [7, 11) is 1.28. The van der Waals surface area contributed by atoms with Crippen LogP contribution in [0.25, 0.3) is 0 Å². The van der Waals surface area contributed by atoms with Gasteiger partial charge in [0, 0.05) is 12.1 Å². The van der Waals surface area contributed by atoms with E-state index in [2.05, 4.69) is 21.1 Å². The van der Waals surface area contributed by atoms with E-state index in [4.69, 9.17) is 0 Å². The van der Waals surface area contributed by atoms with Gasteiger partial charge in [-0.3, -0.25) is 4.79 Å². The Morgan fingerprint density at radius 2 is 2.21 bits per heavy atom. The number of amides is 1. The highest BCUT2D eigenvalue weighted by Crippen LogP contribution is 2.35. The van der Waals surface area contributed by atoms with Crippen molar-refractivity contribution < 1.29 is 19.4 Å². The topological polar surface area (TPSA) is 91.4 Å². The molecule has 24 heavy (non-hydrogen) atoms. The lowest BCUT2D eigenvalue weighted by Crippen LogP contribution is -2.41. The zero-order valence-corrected chi connectivity index (χ0v) is 13.4. The Kier molecular flexibility index (Phi) is 4.66. The van der Waals surface area contributed by atoms with Crippen molar-refractivity contribution >= 4 is 11.9 Å². The van der Waals surface area contributed by atoms with Crippen molar-refractivity contribution in [3.63, 3.8) is 0 Å². The van der Waals surface area contributed by atoms with Crippen LogP contribution in [0.4, 0.5) is 0 Å². The van der Waals surface area contributed by atoms with Gasteiger partial charge in [0.25, 0.3) is 5.91 Å². The van der Waals surface area contributed by atoms with Gasteiger partial charge >= 0.3 is 5.97 Å². The zero-order valence-electron chi connectivity index (χ0n) is 13.4. The number of aromatic nitrogens is 1. The van der Waals surface area contributed by atoms with Crippen LogP contribution >= 0.6 is 0 Å². The molecule has 2 atom stereocenters. The highest BCUT2D eigenvalue weighted by molar-refractivity contribution is 5.97. The molecule has 0 bridgehead atoms. The molecule has 3 N–H and O–H groups in total. The molecule has 1 aliphatic carbocycles. The van der Waals surface area contributed by atoms with Crippen LogP contribution in [0.1, 0.15) is 44.3 Å². The maximum atomic E-state index is 12.4. The molecule has 6 nitrogen and oxygen atoms in total. The second-order valence-corrected chi connectivity index (χ2v) is 5.90. The molecule has 2 aromatic rings. The molecule has 126 valence electrons. The van der Waals surface area contributed by atoms with E-state index in [0.29, 0.717) is 5.56 Å². The summed E-state index contributed by atoms with van der Waals surface area (Å²) in [5.74, 6) is -0.767. The highest BCUT2D eigenvalue weighted by atomic mass is 16.5. The fourth-order valence-electron chi connectivity index (χ4n) is 3.29. The molecular weight excluding hydrogens is 308 g/mol. The van der Waals surface area contributed by atoms with Crippen LogP contribution < -0.4 is 5.32 Å². The second-order valence-electron chi connectivity index (χ2n) is 5.90. The summed E-state index contributed by atoms with van der Waals surface area (Å²) in [5, 5.41) is 12.6. The molecule has 2 unspecified atom stereocenters. The van der Waals surface area contributed by atoms with Gasteiger partial charge in [-0.15, -0.1) is 0 Å². The Hall–Kier alpha value is -2.60. The molecule has 3 rings (SSSR count). The lowest BCUT2D eigenvalue weighted by atomic mass is 9.93. The number of ether oxygens (including phenoxy) is 1. The molecule has 0 saturated heterocycles. The molecule has 0 radical (unpaired) electrons. The van der Waals surface area contributed by atoms with E-state index in [9.17, 15) is 14.7 Å². The second kappa shape index (κ2) is 6.88. The number of benzene rings is 1. The SMILES string of the molecule is COC(=O)c1cc(C(=O)NC(CO)C2CCc3ccccc32)c[nH]1. The van der Waals surface area contributed by atoms with Crippen molar-refractivity contribution in [1.29, 1.82) is 0 Å². The van der Waals surface area contributed by atoms with Crippen molar-refractivity contribution in [2.45, 2.75) is 24.8 Å². The molecule has 6 heteroatoms. The Bertz CT molecular complexity index is 753. The Morgan fingerprint density at radius 1 is 1.42 bits per heavy atom. The van der Waals surface area contributed by atoms with Crippen LogP contribution in [0, 0.1) is 0 Å². The van der Waals surface area contributed by atoms with Crippen molar-refractivity contribution in [3.05, 3.63) is 58.9 Å². The van der Waals surface area contributed by atoms with Gasteiger partial charge in [-0.25, -0.2) is 4.79 Å². The molecule has 1 aromatic carbocycles. The number of methoxy groups -OCH3 is 1. The van der Waals surface area contributed by atoms with Gasteiger partial charge in [-0.1, -0.05) is 24.3 Å². The van der Waals surface area contributed by atoms with Crippen molar-refractivity contribution in [1.82, 2.24) is 10.3 Å². The normalized spacial score (nSPS) is 17.2. The number of aromatic amines is 1. The Morgan fingerprint density at radius 3 is 2.96 bits per heavy atom. The molecule has 0 aliphatic heterocycles. The van der Waals surface area contributed by atoms with E-state index >= 15 is 0 Å². The number of hydrogen-bond donors (Lipinski definition) is 3. The molecule has 0 fully saturated rings. The van der Waals surface area contributed by atoms with Crippen LogP contribution in [-0.2, 0) is 11.2 Å². The molecule has 1 aromatic heterocycles. The van der Waals surface area contributed by atoms with E-state index < -0.39 is 5.97 Å². The summed E-state index contributed by atoms with van der Waals surface area (Å²) in [4.78, 5) is 26.6. The van der Waals surface area contributed by atoms with Crippen LogP contribution in [0.15, 0.2) is 36.5 Å².